The molecule has 0 radical (unpaired) electrons. The predicted octanol–water partition coefficient (Wildman–Crippen LogP) is 3.35. The highest BCUT2D eigenvalue weighted by atomic mass is 79.9. The van der Waals surface area contributed by atoms with Gasteiger partial charge < -0.3 is 9.64 Å². The van der Waals surface area contributed by atoms with Gasteiger partial charge in [-0.25, -0.2) is 0 Å². The molecule has 0 saturated carbocycles. The molecule has 0 aliphatic carbocycles. The molecule has 0 N–H and O–H groups in total. The average Bonchev–Trinajstić information content (AvgIpc) is 3.01. The van der Waals surface area contributed by atoms with Gasteiger partial charge in [0, 0.05) is 23.0 Å². The molecule has 0 bridgehead atoms. The average molecular weight is 372 g/mol. The van der Waals surface area contributed by atoms with E-state index < -0.39 is 5.60 Å². The third-order valence-electron chi connectivity index (χ3n) is 4.68. The van der Waals surface area contributed by atoms with E-state index >= 15 is 0 Å². The first kappa shape index (κ1) is 14.5. The van der Waals surface area contributed by atoms with Crippen LogP contribution in [-0.2, 0) is 19.9 Å². The number of fused-ring (bicyclic) bond motifs is 2. The second-order valence-electron chi connectivity index (χ2n) is 5.90. The molecule has 1 amide bonds. The Bertz CT molecular complexity index is 820. The molecule has 116 valence electrons. The second kappa shape index (κ2) is 4.93. The third-order valence-corrected chi connectivity index (χ3v) is 5.17. The topological polar surface area (TPSA) is 46.6 Å². The molecule has 0 unspecified atom stereocenters. The van der Waals surface area contributed by atoms with Crippen LogP contribution in [0.3, 0.4) is 0 Å². The van der Waals surface area contributed by atoms with E-state index in [0.29, 0.717) is 0 Å². The van der Waals surface area contributed by atoms with Crippen LogP contribution in [-0.4, -0.2) is 18.9 Å². The Morgan fingerprint density at radius 3 is 2.65 bits per heavy atom. The van der Waals surface area contributed by atoms with Crippen LogP contribution in [0.2, 0.25) is 0 Å². The number of benzene rings is 2. The minimum Gasteiger partial charge on any atom is -0.443 e. The zero-order valence-electron chi connectivity index (χ0n) is 12.5. The Balaban J connectivity index is 1.97. The van der Waals surface area contributed by atoms with E-state index in [2.05, 4.69) is 15.9 Å². The first-order valence-electron chi connectivity index (χ1n) is 7.39. The van der Waals surface area contributed by atoms with Crippen molar-refractivity contribution in [2.75, 3.05) is 11.9 Å². The Morgan fingerprint density at radius 1 is 1.17 bits per heavy atom. The van der Waals surface area contributed by atoms with Crippen molar-refractivity contribution in [1.29, 1.82) is 0 Å². The van der Waals surface area contributed by atoms with Gasteiger partial charge in [0.2, 0.25) is 5.60 Å². The second-order valence-corrected chi connectivity index (χ2v) is 6.82. The number of carbonyl (C=O) groups excluding carboxylic acids is 2. The lowest BCUT2D eigenvalue weighted by atomic mass is 9.78. The number of esters is 1. The zero-order valence-corrected chi connectivity index (χ0v) is 14.0. The van der Waals surface area contributed by atoms with E-state index in [-0.39, 0.29) is 24.2 Å². The number of ether oxygens (including phenoxy) is 1. The Hall–Kier alpha value is -2.14. The maximum absolute atomic E-state index is 13.1. The molecule has 2 heterocycles. The van der Waals surface area contributed by atoms with Gasteiger partial charge in [0.25, 0.3) is 5.91 Å². The van der Waals surface area contributed by atoms with Crippen LogP contribution in [0.1, 0.15) is 23.5 Å². The summed E-state index contributed by atoms with van der Waals surface area (Å²) in [6, 6.07) is 15.3. The third kappa shape index (κ3) is 1.89. The van der Waals surface area contributed by atoms with Gasteiger partial charge in [-0.1, -0.05) is 46.3 Å². The number of hydrogen-bond acceptors (Lipinski definition) is 3. The van der Waals surface area contributed by atoms with E-state index in [1.807, 2.05) is 48.5 Å². The molecule has 2 atom stereocenters. The summed E-state index contributed by atoms with van der Waals surface area (Å²) in [6.07, 6.45) is 0.204. The van der Waals surface area contributed by atoms with Crippen LogP contribution in [0.25, 0.3) is 0 Å². The molecular formula is C18H14BrNO3. The number of anilines is 1. The van der Waals surface area contributed by atoms with Gasteiger partial charge in [0.05, 0.1) is 12.1 Å². The predicted molar refractivity (Wildman–Crippen MR) is 89.1 cm³/mol. The molecule has 1 saturated heterocycles. The first-order valence-corrected chi connectivity index (χ1v) is 8.18. The van der Waals surface area contributed by atoms with Crippen molar-refractivity contribution >= 4 is 33.5 Å². The van der Waals surface area contributed by atoms with Gasteiger partial charge in [-0.2, -0.15) is 0 Å². The van der Waals surface area contributed by atoms with Crippen molar-refractivity contribution in [1.82, 2.24) is 0 Å². The van der Waals surface area contributed by atoms with Gasteiger partial charge >= 0.3 is 5.97 Å². The zero-order chi connectivity index (χ0) is 16.2. The normalized spacial score (nSPS) is 25.8. The monoisotopic (exact) mass is 371 g/mol. The quantitative estimate of drug-likeness (QED) is 0.722. The van der Waals surface area contributed by atoms with E-state index in [1.54, 1.807) is 11.9 Å². The summed E-state index contributed by atoms with van der Waals surface area (Å²) in [6.45, 7) is 0. The Kier molecular flexibility index (Phi) is 3.10. The summed E-state index contributed by atoms with van der Waals surface area (Å²) in [5.74, 6) is -0.847. The minimum absolute atomic E-state index is 0.190. The summed E-state index contributed by atoms with van der Waals surface area (Å²) < 4.78 is 6.55. The minimum atomic E-state index is -1.26. The fraction of sp³-hybridized carbons (Fsp3) is 0.222. The van der Waals surface area contributed by atoms with Crippen molar-refractivity contribution in [3.05, 3.63) is 64.1 Å². The van der Waals surface area contributed by atoms with Crippen molar-refractivity contribution in [3.63, 3.8) is 0 Å². The Labute approximate surface area is 142 Å². The van der Waals surface area contributed by atoms with Crippen molar-refractivity contribution in [2.45, 2.75) is 17.9 Å². The fourth-order valence-corrected chi connectivity index (χ4v) is 4.01. The maximum Gasteiger partial charge on any atom is 0.308 e. The van der Waals surface area contributed by atoms with E-state index in [0.717, 1.165) is 21.3 Å². The molecule has 2 aliphatic rings. The van der Waals surface area contributed by atoms with E-state index in [1.165, 1.54) is 0 Å². The SMILES string of the molecule is CN1C(=O)[C@@]2(OC(=O)C[C@@H]2c2ccccc2)c2cc(Br)ccc21. The van der Waals surface area contributed by atoms with Gasteiger partial charge in [-0.15, -0.1) is 0 Å². The highest BCUT2D eigenvalue weighted by molar-refractivity contribution is 9.10. The summed E-state index contributed by atoms with van der Waals surface area (Å²) in [7, 11) is 1.72. The van der Waals surface area contributed by atoms with Crippen LogP contribution in [0.15, 0.2) is 53.0 Å². The molecule has 5 heteroatoms. The largest absolute Gasteiger partial charge is 0.443 e. The van der Waals surface area contributed by atoms with Crippen LogP contribution in [0, 0.1) is 0 Å². The number of hydrogen-bond donors (Lipinski definition) is 0. The molecular weight excluding hydrogens is 358 g/mol. The molecule has 2 aromatic carbocycles. The van der Waals surface area contributed by atoms with Crippen LogP contribution in [0.5, 0.6) is 0 Å². The molecule has 4 rings (SSSR count). The molecule has 4 nitrogen and oxygen atoms in total. The highest BCUT2D eigenvalue weighted by Crippen LogP contribution is 2.55. The van der Waals surface area contributed by atoms with Gasteiger partial charge in [0.1, 0.15) is 0 Å². The molecule has 2 aromatic rings. The Morgan fingerprint density at radius 2 is 1.91 bits per heavy atom. The number of halogens is 1. The van der Waals surface area contributed by atoms with Crippen molar-refractivity contribution in [3.8, 4) is 0 Å². The highest BCUT2D eigenvalue weighted by Gasteiger charge is 2.62. The van der Waals surface area contributed by atoms with Gasteiger partial charge in [0.15, 0.2) is 0 Å². The van der Waals surface area contributed by atoms with E-state index in [4.69, 9.17) is 4.74 Å². The summed E-state index contributed by atoms with van der Waals surface area (Å²) in [5, 5.41) is 0. The maximum atomic E-state index is 13.1. The summed E-state index contributed by atoms with van der Waals surface area (Å²) in [5.41, 5.74) is 1.22. The molecule has 0 aromatic heterocycles. The van der Waals surface area contributed by atoms with Crippen LogP contribution < -0.4 is 4.90 Å². The van der Waals surface area contributed by atoms with Gasteiger partial charge in [-0.05, 0) is 23.8 Å². The standard InChI is InChI=1S/C18H14BrNO3/c1-20-15-8-7-12(19)9-14(15)18(17(20)22)13(10-16(21)23-18)11-5-3-2-4-6-11/h2-9,13H,10H2,1H3/t13-,18+/m1/s1. The van der Waals surface area contributed by atoms with Gasteiger partial charge in [-0.3, -0.25) is 9.59 Å². The number of carbonyl (C=O) groups is 2. The van der Waals surface area contributed by atoms with Crippen LogP contribution in [0.4, 0.5) is 5.69 Å². The molecule has 1 fully saturated rings. The summed E-state index contributed by atoms with van der Waals surface area (Å²) in [4.78, 5) is 26.8. The van der Waals surface area contributed by atoms with Crippen molar-refractivity contribution in [2.24, 2.45) is 0 Å². The van der Waals surface area contributed by atoms with Crippen LogP contribution >= 0.6 is 15.9 Å². The number of nitrogens with zero attached hydrogens (tertiary/aromatic N) is 1. The fourth-order valence-electron chi connectivity index (χ4n) is 3.65. The number of amides is 1. The van der Waals surface area contributed by atoms with E-state index in [9.17, 15) is 9.59 Å². The first-order chi connectivity index (χ1) is 11.0. The molecule has 2 aliphatic heterocycles. The molecule has 1 spiro atoms. The smallest absolute Gasteiger partial charge is 0.308 e. The lowest BCUT2D eigenvalue weighted by Gasteiger charge is -2.28. The number of likely N-dealkylation sites (N-methyl/N-ethyl adjacent to an activating group) is 1. The van der Waals surface area contributed by atoms with Crippen molar-refractivity contribution < 1.29 is 14.3 Å². The summed E-state index contributed by atoms with van der Waals surface area (Å²) >= 11 is 3.46. The number of rotatable bonds is 1. The lowest BCUT2D eigenvalue weighted by molar-refractivity contribution is -0.157. The lowest BCUT2D eigenvalue weighted by Crippen LogP contribution is -2.42. The molecule has 23 heavy (non-hydrogen) atoms.